The molecule has 3 rings (SSSR count). The maximum absolute atomic E-state index is 5.76. The number of hydrogen-bond donors (Lipinski definition) is 1. The highest BCUT2D eigenvalue weighted by molar-refractivity contribution is 9.10. The van der Waals surface area contributed by atoms with E-state index in [0.717, 1.165) is 36.3 Å². The quantitative estimate of drug-likeness (QED) is 0.939. The average molecular weight is 322 g/mol. The van der Waals surface area contributed by atoms with E-state index < -0.39 is 0 Å². The Balaban J connectivity index is 1.93. The highest BCUT2D eigenvalue weighted by atomic mass is 79.9. The van der Waals surface area contributed by atoms with E-state index in [1.54, 1.807) is 0 Å². The van der Waals surface area contributed by atoms with E-state index in [2.05, 4.69) is 38.5 Å². The van der Waals surface area contributed by atoms with Crippen LogP contribution in [0.5, 0.6) is 5.75 Å². The number of halogens is 1. The zero-order valence-electron chi connectivity index (χ0n) is 10.8. The van der Waals surface area contributed by atoms with Crippen molar-refractivity contribution >= 4 is 15.9 Å². The van der Waals surface area contributed by atoms with Crippen LogP contribution in [0.2, 0.25) is 0 Å². The molecule has 0 saturated carbocycles. The smallest absolute Gasteiger partial charge is 0.127 e. The van der Waals surface area contributed by atoms with Crippen molar-refractivity contribution in [3.63, 3.8) is 0 Å². The van der Waals surface area contributed by atoms with Crippen molar-refractivity contribution in [1.29, 1.82) is 0 Å². The second kappa shape index (κ2) is 5.35. The molecule has 1 aromatic heterocycles. The van der Waals surface area contributed by atoms with Crippen molar-refractivity contribution in [1.82, 2.24) is 15.1 Å². The summed E-state index contributed by atoms with van der Waals surface area (Å²) in [6.07, 6.45) is 2.83. The third-order valence-electron chi connectivity index (χ3n) is 3.31. The zero-order valence-corrected chi connectivity index (χ0v) is 12.4. The monoisotopic (exact) mass is 321 g/mol. The van der Waals surface area contributed by atoms with Gasteiger partial charge in [-0.1, -0.05) is 15.9 Å². The lowest BCUT2D eigenvalue weighted by molar-refractivity contribution is 0.352. The van der Waals surface area contributed by atoms with Crippen LogP contribution in [0.15, 0.2) is 28.9 Å². The summed E-state index contributed by atoms with van der Waals surface area (Å²) in [4.78, 5) is 0. The van der Waals surface area contributed by atoms with Gasteiger partial charge in [-0.15, -0.1) is 0 Å². The Morgan fingerprint density at radius 2 is 2.37 bits per heavy atom. The zero-order chi connectivity index (χ0) is 13.2. The summed E-state index contributed by atoms with van der Waals surface area (Å²) < 4.78 is 8.88. The minimum absolute atomic E-state index is 0.742. The van der Waals surface area contributed by atoms with E-state index in [1.165, 1.54) is 16.8 Å². The summed E-state index contributed by atoms with van der Waals surface area (Å²) in [7, 11) is 1.94. The van der Waals surface area contributed by atoms with E-state index in [0.29, 0.717) is 0 Å². The molecule has 0 atom stereocenters. The molecule has 1 aliphatic heterocycles. The van der Waals surface area contributed by atoms with Gasteiger partial charge >= 0.3 is 0 Å². The van der Waals surface area contributed by atoms with E-state index in [4.69, 9.17) is 4.74 Å². The first-order chi connectivity index (χ1) is 9.28. The molecular weight excluding hydrogens is 306 g/mol. The van der Waals surface area contributed by atoms with Crippen LogP contribution in [0.4, 0.5) is 0 Å². The molecule has 5 heteroatoms. The number of benzene rings is 1. The van der Waals surface area contributed by atoms with Gasteiger partial charge < -0.3 is 10.1 Å². The number of ether oxygens (including phenoxy) is 1. The third kappa shape index (κ3) is 2.53. The highest BCUT2D eigenvalue weighted by Crippen LogP contribution is 2.33. The van der Waals surface area contributed by atoms with Gasteiger partial charge in [-0.2, -0.15) is 5.10 Å². The number of nitrogens with zero attached hydrogens (tertiary/aromatic N) is 2. The lowest BCUT2D eigenvalue weighted by atomic mass is 10.1. The van der Waals surface area contributed by atoms with Crippen molar-refractivity contribution in [2.45, 2.75) is 19.5 Å². The van der Waals surface area contributed by atoms with E-state index >= 15 is 0 Å². The molecule has 2 aromatic rings. The molecular formula is C14H16BrN3O. The van der Waals surface area contributed by atoms with E-state index in [-0.39, 0.29) is 0 Å². The van der Waals surface area contributed by atoms with Gasteiger partial charge in [0.2, 0.25) is 0 Å². The molecule has 19 heavy (non-hydrogen) atoms. The fourth-order valence-electron chi connectivity index (χ4n) is 2.46. The van der Waals surface area contributed by atoms with Gasteiger partial charge in [0.05, 0.1) is 18.8 Å². The van der Waals surface area contributed by atoms with Crippen molar-refractivity contribution in [2.24, 2.45) is 0 Å². The van der Waals surface area contributed by atoms with Crippen LogP contribution in [0.1, 0.15) is 16.8 Å². The molecule has 0 fully saturated rings. The summed E-state index contributed by atoms with van der Waals surface area (Å²) in [5, 5.41) is 7.55. The lowest BCUT2D eigenvalue weighted by Gasteiger charge is -2.11. The number of rotatable bonds is 4. The standard InChI is InChI=1S/C14H16BrN3O/c1-16-8-13-2-4-17-18(13)9-11-7-12(15)6-10-3-5-19-14(10)11/h2,4,6-7,16H,3,5,8-9H2,1H3. The summed E-state index contributed by atoms with van der Waals surface area (Å²) in [6, 6.07) is 6.30. The Hall–Kier alpha value is -1.33. The van der Waals surface area contributed by atoms with Gasteiger partial charge in [0.25, 0.3) is 0 Å². The Morgan fingerprint density at radius 3 is 3.21 bits per heavy atom. The highest BCUT2D eigenvalue weighted by Gasteiger charge is 2.18. The summed E-state index contributed by atoms with van der Waals surface area (Å²) in [5.74, 6) is 1.04. The molecule has 0 radical (unpaired) electrons. The molecule has 4 nitrogen and oxygen atoms in total. The first kappa shape index (κ1) is 12.7. The first-order valence-corrected chi connectivity index (χ1v) is 7.16. The maximum Gasteiger partial charge on any atom is 0.127 e. The van der Waals surface area contributed by atoms with E-state index in [1.807, 2.05) is 24.0 Å². The first-order valence-electron chi connectivity index (χ1n) is 6.37. The Kier molecular flexibility index (Phi) is 3.57. The number of aromatic nitrogens is 2. The van der Waals surface area contributed by atoms with Gasteiger partial charge in [-0.25, -0.2) is 0 Å². The van der Waals surface area contributed by atoms with Crippen LogP contribution in [0.3, 0.4) is 0 Å². The lowest BCUT2D eigenvalue weighted by Crippen LogP contribution is -2.13. The minimum Gasteiger partial charge on any atom is -0.493 e. The van der Waals surface area contributed by atoms with Gasteiger partial charge in [0, 0.05) is 29.2 Å². The summed E-state index contributed by atoms with van der Waals surface area (Å²) in [6.45, 7) is 2.34. The molecule has 2 heterocycles. The van der Waals surface area contributed by atoms with Crippen molar-refractivity contribution in [3.05, 3.63) is 45.7 Å². The predicted molar refractivity (Wildman–Crippen MR) is 77.4 cm³/mol. The molecule has 1 aromatic carbocycles. The van der Waals surface area contributed by atoms with Crippen molar-refractivity contribution in [3.8, 4) is 5.75 Å². The Labute approximate surface area is 120 Å². The molecule has 0 spiro atoms. The Bertz CT molecular complexity index is 594. The van der Waals surface area contributed by atoms with Gasteiger partial charge in [0.1, 0.15) is 5.75 Å². The van der Waals surface area contributed by atoms with Crippen LogP contribution >= 0.6 is 15.9 Å². The largest absolute Gasteiger partial charge is 0.493 e. The normalized spacial score (nSPS) is 13.4. The van der Waals surface area contributed by atoms with Gasteiger partial charge in [-0.05, 0) is 30.8 Å². The average Bonchev–Trinajstić information content (AvgIpc) is 2.99. The van der Waals surface area contributed by atoms with Gasteiger partial charge in [-0.3, -0.25) is 4.68 Å². The Morgan fingerprint density at radius 1 is 1.47 bits per heavy atom. The SMILES string of the molecule is CNCc1ccnn1Cc1cc(Br)cc2c1OCC2. The van der Waals surface area contributed by atoms with Crippen molar-refractivity contribution < 1.29 is 4.74 Å². The van der Waals surface area contributed by atoms with Gasteiger partial charge in [0.15, 0.2) is 0 Å². The molecule has 0 amide bonds. The topological polar surface area (TPSA) is 39.1 Å². The predicted octanol–water partition coefficient (Wildman–Crippen LogP) is 2.35. The minimum atomic E-state index is 0.742. The maximum atomic E-state index is 5.76. The molecule has 0 unspecified atom stereocenters. The fourth-order valence-corrected chi connectivity index (χ4v) is 3.01. The third-order valence-corrected chi connectivity index (χ3v) is 3.77. The summed E-state index contributed by atoms with van der Waals surface area (Å²) in [5.41, 5.74) is 3.64. The second-order valence-corrected chi connectivity index (χ2v) is 5.58. The van der Waals surface area contributed by atoms with Crippen LogP contribution in [0, 0.1) is 0 Å². The molecule has 1 N–H and O–H groups in total. The molecule has 1 aliphatic rings. The van der Waals surface area contributed by atoms with Crippen LogP contribution in [0.25, 0.3) is 0 Å². The van der Waals surface area contributed by atoms with Crippen molar-refractivity contribution in [2.75, 3.05) is 13.7 Å². The van der Waals surface area contributed by atoms with E-state index in [9.17, 15) is 0 Å². The molecule has 0 bridgehead atoms. The summed E-state index contributed by atoms with van der Waals surface area (Å²) >= 11 is 3.57. The van der Waals surface area contributed by atoms with Crippen LogP contribution < -0.4 is 10.1 Å². The number of fused-ring (bicyclic) bond motifs is 1. The number of nitrogens with one attached hydrogen (secondary N) is 1. The van der Waals surface area contributed by atoms with Crippen LogP contribution in [-0.4, -0.2) is 23.4 Å². The fraction of sp³-hybridized carbons (Fsp3) is 0.357. The molecule has 0 saturated heterocycles. The van der Waals surface area contributed by atoms with Crippen LogP contribution in [-0.2, 0) is 19.5 Å². The number of hydrogen-bond acceptors (Lipinski definition) is 3. The second-order valence-electron chi connectivity index (χ2n) is 4.66. The molecule has 0 aliphatic carbocycles. The molecule has 100 valence electrons.